The van der Waals surface area contributed by atoms with Gasteiger partial charge in [0.1, 0.15) is 0 Å². The van der Waals surface area contributed by atoms with E-state index in [9.17, 15) is 14.4 Å². The summed E-state index contributed by atoms with van der Waals surface area (Å²) in [5.41, 5.74) is 1.10. The third-order valence-electron chi connectivity index (χ3n) is 6.83. The van der Waals surface area contributed by atoms with Crippen LogP contribution in [-0.2, 0) is 14.3 Å². The molecule has 2 aliphatic carbocycles. The first-order valence-corrected chi connectivity index (χ1v) is 10.0. The van der Waals surface area contributed by atoms with Crippen molar-refractivity contribution in [3.8, 4) is 0 Å². The highest BCUT2D eigenvalue weighted by molar-refractivity contribution is 6.22. The number of benzene rings is 1. The van der Waals surface area contributed by atoms with E-state index in [-0.39, 0.29) is 35.7 Å². The maximum absolute atomic E-state index is 12.9. The lowest BCUT2D eigenvalue weighted by Gasteiger charge is -2.19. The molecule has 27 heavy (non-hydrogen) atoms. The summed E-state index contributed by atoms with van der Waals surface area (Å²) < 4.78 is 5.51. The molecule has 0 aromatic heterocycles. The topological polar surface area (TPSA) is 75.7 Å². The molecular weight excluding hydrogens is 344 g/mol. The molecule has 0 radical (unpaired) electrons. The number of carbonyl (C=O) groups is 3. The smallest absolute Gasteiger partial charge is 0.251 e. The molecule has 2 aliphatic heterocycles. The first-order valence-electron chi connectivity index (χ1n) is 10.0. The molecule has 2 saturated carbocycles. The van der Waals surface area contributed by atoms with E-state index >= 15 is 0 Å². The number of ether oxygens (including phenoxy) is 1. The zero-order valence-corrected chi connectivity index (χ0v) is 15.2. The molecule has 2 saturated heterocycles. The third-order valence-corrected chi connectivity index (χ3v) is 6.83. The van der Waals surface area contributed by atoms with Crippen LogP contribution in [0.4, 0.5) is 5.69 Å². The zero-order valence-electron chi connectivity index (χ0n) is 15.2. The van der Waals surface area contributed by atoms with Gasteiger partial charge in [-0.05, 0) is 68.2 Å². The lowest BCUT2D eigenvalue weighted by molar-refractivity contribution is -0.123. The molecular formula is C21H24N2O4. The van der Waals surface area contributed by atoms with Crippen molar-refractivity contribution < 1.29 is 19.1 Å². The van der Waals surface area contributed by atoms with Gasteiger partial charge in [0, 0.05) is 18.7 Å². The van der Waals surface area contributed by atoms with Crippen LogP contribution in [0.1, 0.15) is 42.5 Å². The predicted octanol–water partition coefficient (Wildman–Crippen LogP) is 2.13. The van der Waals surface area contributed by atoms with Crippen LogP contribution in [0.25, 0.3) is 0 Å². The highest BCUT2D eigenvalue weighted by Gasteiger charge is 2.61. The first kappa shape index (κ1) is 16.9. The Balaban J connectivity index is 1.28. The molecule has 1 N–H and O–H groups in total. The molecule has 1 aromatic carbocycles. The third kappa shape index (κ3) is 2.69. The van der Waals surface area contributed by atoms with Crippen LogP contribution in [0.15, 0.2) is 24.3 Å². The average Bonchev–Trinajstić information content (AvgIpc) is 3.45. The van der Waals surface area contributed by atoms with E-state index in [2.05, 4.69) is 5.32 Å². The molecule has 2 bridgehead atoms. The zero-order chi connectivity index (χ0) is 18.5. The van der Waals surface area contributed by atoms with Gasteiger partial charge in [0.15, 0.2) is 0 Å². The average molecular weight is 368 g/mol. The van der Waals surface area contributed by atoms with Gasteiger partial charge in [-0.1, -0.05) is 0 Å². The monoisotopic (exact) mass is 368 g/mol. The summed E-state index contributed by atoms with van der Waals surface area (Å²) in [5, 5.41) is 2.89. The summed E-state index contributed by atoms with van der Waals surface area (Å²) in [6, 6.07) is 6.78. The second kappa shape index (κ2) is 6.44. The van der Waals surface area contributed by atoms with E-state index < -0.39 is 0 Å². The van der Waals surface area contributed by atoms with Gasteiger partial charge < -0.3 is 10.1 Å². The number of anilines is 1. The molecule has 1 aromatic rings. The number of fused-ring (bicyclic) bond motifs is 5. The second-order valence-corrected chi connectivity index (χ2v) is 8.29. The number of nitrogens with one attached hydrogen (secondary N) is 1. The van der Waals surface area contributed by atoms with Crippen molar-refractivity contribution in [2.75, 3.05) is 18.1 Å². The normalized spacial score (nSPS) is 34.4. The van der Waals surface area contributed by atoms with Crippen molar-refractivity contribution in [2.24, 2.45) is 23.7 Å². The van der Waals surface area contributed by atoms with Crippen molar-refractivity contribution >= 4 is 23.4 Å². The van der Waals surface area contributed by atoms with Gasteiger partial charge in [-0.3, -0.25) is 19.3 Å². The van der Waals surface area contributed by atoms with E-state index in [1.807, 2.05) is 0 Å². The van der Waals surface area contributed by atoms with Gasteiger partial charge in [-0.2, -0.15) is 0 Å². The van der Waals surface area contributed by atoms with Crippen LogP contribution in [0.2, 0.25) is 0 Å². The lowest BCUT2D eigenvalue weighted by atomic mass is 9.81. The van der Waals surface area contributed by atoms with E-state index in [4.69, 9.17) is 4.74 Å². The minimum absolute atomic E-state index is 0.0483. The van der Waals surface area contributed by atoms with Gasteiger partial charge in [-0.15, -0.1) is 0 Å². The summed E-state index contributed by atoms with van der Waals surface area (Å²) in [7, 11) is 0. The van der Waals surface area contributed by atoms with Crippen LogP contribution < -0.4 is 10.2 Å². The number of amides is 3. The Hall–Kier alpha value is -2.21. The highest BCUT2D eigenvalue weighted by Crippen LogP contribution is 2.56. The van der Waals surface area contributed by atoms with Crippen LogP contribution in [0.3, 0.4) is 0 Å². The Bertz CT molecular complexity index is 756. The summed E-state index contributed by atoms with van der Waals surface area (Å²) in [5.74, 6) is 0.261. The van der Waals surface area contributed by atoms with Gasteiger partial charge in [-0.25, -0.2) is 0 Å². The largest absolute Gasteiger partial charge is 0.376 e. The minimum atomic E-state index is -0.161. The predicted molar refractivity (Wildman–Crippen MR) is 98.1 cm³/mol. The maximum Gasteiger partial charge on any atom is 0.251 e. The van der Waals surface area contributed by atoms with Gasteiger partial charge in [0.2, 0.25) is 11.8 Å². The van der Waals surface area contributed by atoms with Crippen LogP contribution in [-0.4, -0.2) is 37.0 Å². The molecule has 6 nitrogen and oxygen atoms in total. The van der Waals surface area contributed by atoms with Crippen molar-refractivity contribution in [3.63, 3.8) is 0 Å². The first-order chi connectivity index (χ1) is 13.1. The molecule has 3 amide bonds. The van der Waals surface area contributed by atoms with Crippen molar-refractivity contribution in [3.05, 3.63) is 29.8 Å². The number of rotatable bonds is 4. The van der Waals surface area contributed by atoms with Crippen molar-refractivity contribution in [1.29, 1.82) is 0 Å². The number of nitrogens with zero attached hydrogens (tertiary/aromatic N) is 1. The fourth-order valence-corrected chi connectivity index (χ4v) is 5.54. The quantitative estimate of drug-likeness (QED) is 0.826. The Morgan fingerprint density at radius 3 is 2.30 bits per heavy atom. The summed E-state index contributed by atoms with van der Waals surface area (Å²) in [4.78, 5) is 39.4. The second-order valence-electron chi connectivity index (χ2n) is 8.29. The molecule has 5 unspecified atom stereocenters. The molecule has 2 heterocycles. The van der Waals surface area contributed by atoms with Crippen LogP contribution in [0, 0.1) is 23.7 Å². The van der Waals surface area contributed by atoms with Crippen LogP contribution >= 0.6 is 0 Å². The van der Waals surface area contributed by atoms with Gasteiger partial charge in [0.25, 0.3) is 5.91 Å². The number of hydrogen-bond donors (Lipinski definition) is 1. The number of imide groups is 1. The SMILES string of the molecule is O=C(NCC1CCCO1)c1ccc(N2C(=O)C3C4CCC(C4)C3C2=O)cc1. The maximum atomic E-state index is 12.9. The van der Waals surface area contributed by atoms with Gasteiger partial charge in [0.05, 0.1) is 23.6 Å². The molecule has 5 rings (SSSR count). The lowest BCUT2D eigenvalue weighted by Crippen LogP contribution is -2.33. The van der Waals surface area contributed by atoms with E-state index in [1.54, 1.807) is 24.3 Å². The Morgan fingerprint density at radius 2 is 1.70 bits per heavy atom. The Morgan fingerprint density at radius 1 is 1.04 bits per heavy atom. The number of hydrogen-bond acceptors (Lipinski definition) is 4. The summed E-state index contributed by atoms with van der Waals surface area (Å²) >= 11 is 0. The molecule has 6 heteroatoms. The Labute approximate surface area is 158 Å². The molecule has 4 fully saturated rings. The fourth-order valence-electron chi connectivity index (χ4n) is 5.54. The fraction of sp³-hybridized carbons (Fsp3) is 0.571. The molecule has 0 spiro atoms. The Kier molecular flexibility index (Phi) is 4.04. The van der Waals surface area contributed by atoms with Crippen molar-refractivity contribution in [1.82, 2.24) is 5.32 Å². The number of carbonyl (C=O) groups excluding carboxylic acids is 3. The van der Waals surface area contributed by atoms with E-state index in [1.165, 1.54) is 4.90 Å². The van der Waals surface area contributed by atoms with E-state index in [0.717, 1.165) is 38.7 Å². The van der Waals surface area contributed by atoms with Crippen molar-refractivity contribution in [2.45, 2.75) is 38.2 Å². The standard InChI is InChI=1S/C21H24N2O4/c24-19(22-11-16-2-1-9-27-16)12-5-7-15(8-6-12)23-20(25)17-13-3-4-14(10-13)18(17)21(23)26/h5-8,13-14,16-18H,1-4,9-11H2,(H,22,24). The minimum Gasteiger partial charge on any atom is -0.376 e. The van der Waals surface area contributed by atoms with Gasteiger partial charge >= 0.3 is 0 Å². The summed E-state index contributed by atoms with van der Waals surface area (Å²) in [6.45, 7) is 1.27. The molecule has 5 atom stereocenters. The highest BCUT2D eigenvalue weighted by atomic mass is 16.5. The molecule has 142 valence electrons. The van der Waals surface area contributed by atoms with Crippen LogP contribution in [0.5, 0.6) is 0 Å². The molecule has 4 aliphatic rings. The summed E-state index contributed by atoms with van der Waals surface area (Å²) in [6.07, 6.45) is 5.29. The van der Waals surface area contributed by atoms with E-state index in [0.29, 0.717) is 29.6 Å².